The number of piperidine rings is 1. The minimum atomic E-state index is -0.732. The van der Waals surface area contributed by atoms with Gasteiger partial charge in [0.15, 0.2) is 0 Å². The fraction of sp³-hybridized carbons (Fsp3) is 0.889. The van der Waals surface area contributed by atoms with Gasteiger partial charge < -0.3 is 15.3 Å². The largest absolute Gasteiger partial charge is 0.388 e. The molecule has 0 aromatic heterocycles. The number of hydrogen-bond acceptors (Lipinski definition) is 3. The molecule has 1 atom stereocenters. The van der Waals surface area contributed by atoms with Gasteiger partial charge >= 0.3 is 0 Å². The third-order valence-electron chi connectivity index (χ3n) is 5.66. The summed E-state index contributed by atoms with van der Waals surface area (Å²) in [4.78, 5) is 26.5. The van der Waals surface area contributed by atoms with Gasteiger partial charge in [-0.1, -0.05) is 25.7 Å². The Balaban J connectivity index is 1.48. The second kappa shape index (κ2) is 7.20. The summed E-state index contributed by atoms with van der Waals surface area (Å²) < 4.78 is 0. The van der Waals surface area contributed by atoms with Crippen LogP contribution in [0.5, 0.6) is 0 Å². The number of likely N-dealkylation sites (tertiary alicyclic amines) is 1. The van der Waals surface area contributed by atoms with Crippen molar-refractivity contribution in [3.63, 3.8) is 0 Å². The predicted octanol–water partition coefficient (Wildman–Crippen LogP) is 1.84. The molecule has 3 fully saturated rings. The van der Waals surface area contributed by atoms with Crippen LogP contribution in [0.4, 0.5) is 0 Å². The molecule has 1 unspecified atom stereocenters. The van der Waals surface area contributed by atoms with Gasteiger partial charge in [-0.3, -0.25) is 9.59 Å². The van der Waals surface area contributed by atoms with Gasteiger partial charge in [-0.15, -0.1) is 0 Å². The minimum absolute atomic E-state index is 0.0102. The van der Waals surface area contributed by atoms with Crippen molar-refractivity contribution in [1.29, 1.82) is 0 Å². The zero-order valence-electron chi connectivity index (χ0n) is 14.1. The first-order chi connectivity index (χ1) is 11.1. The van der Waals surface area contributed by atoms with E-state index in [1.165, 1.54) is 12.8 Å². The maximum atomic E-state index is 12.5. The van der Waals surface area contributed by atoms with Crippen LogP contribution < -0.4 is 5.32 Å². The number of nitrogens with one attached hydrogen (secondary N) is 1. The van der Waals surface area contributed by atoms with E-state index in [2.05, 4.69) is 5.32 Å². The highest BCUT2D eigenvalue weighted by Crippen LogP contribution is 2.32. The summed E-state index contributed by atoms with van der Waals surface area (Å²) in [6.07, 6.45) is 9.78. The second-order valence-corrected chi connectivity index (χ2v) is 7.75. The fourth-order valence-corrected chi connectivity index (χ4v) is 3.94. The van der Waals surface area contributed by atoms with E-state index in [0.717, 1.165) is 57.9 Å². The Morgan fingerprint density at radius 3 is 2.35 bits per heavy atom. The quantitative estimate of drug-likeness (QED) is 0.776. The van der Waals surface area contributed by atoms with E-state index < -0.39 is 5.60 Å². The molecule has 2 amide bonds. The van der Waals surface area contributed by atoms with Gasteiger partial charge in [0.2, 0.25) is 11.8 Å². The van der Waals surface area contributed by atoms with Crippen LogP contribution in [-0.4, -0.2) is 47.1 Å². The second-order valence-electron chi connectivity index (χ2n) is 7.75. The molecular formula is C18H30N2O3. The first-order valence-corrected chi connectivity index (χ1v) is 9.36. The average Bonchev–Trinajstić information content (AvgIpc) is 3.40. The third-order valence-corrected chi connectivity index (χ3v) is 5.66. The van der Waals surface area contributed by atoms with Crippen LogP contribution in [0.15, 0.2) is 0 Å². The highest BCUT2D eigenvalue weighted by atomic mass is 16.3. The third kappa shape index (κ3) is 4.46. The summed E-state index contributed by atoms with van der Waals surface area (Å²) in [5, 5.41) is 13.6. The molecule has 0 radical (unpaired) electrons. The van der Waals surface area contributed by atoms with Crippen molar-refractivity contribution in [3.05, 3.63) is 0 Å². The zero-order valence-corrected chi connectivity index (χ0v) is 14.1. The molecule has 130 valence electrons. The lowest BCUT2D eigenvalue weighted by Crippen LogP contribution is -2.49. The van der Waals surface area contributed by atoms with E-state index in [-0.39, 0.29) is 23.7 Å². The van der Waals surface area contributed by atoms with Gasteiger partial charge in [-0.25, -0.2) is 0 Å². The normalized spacial score (nSPS) is 28.0. The van der Waals surface area contributed by atoms with E-state index in [9.17, 15) is 14.7 Å². The maximum Gasteiger partial charge on any atom is 0.225 e. The topological polar surface area (TPSA) is 69.6 Å². The van der Waals surface area contributed by atoms with Gasteiger partial charge in [-0.2, -0.15) is 0 Å². The number of nitrogens with zero attached hydrogens (tertiary/aromatic N) is 1. The lowest BCUT2D eigenvalue weighted by Gasteiger charge is -2.33. The Labute approximate surface area is 138 Å². The molecule has 0 bridgehead atoms. The molecule has 2 aliphatic carbocycles. The molecule has 0 aromatic rings. The van der Waals surface area contributed by atoms with Gasteiger partial charge in [0, 0.05) is 25.6 Å². The summed E-state index contributed by atoms with van der Waals surface area (Å²) in [7, 11) is 0. The van der Waals surface area contributed by atoms with Crippen molar-refractivity contribution in [1.82, 2.24) is 10.2 Å². The molecule has 23 heavy (non-hydrogen) atoms. The van der Waals surface area contributed by atoms with Crippen molar-refractivity contribution < 1.29 is 14.7 Å². The smallest absolute Gasteiger partial charge is 0.225 e. The van der Waals surface area contributed by atoms with Crippen LogP contribution in [0.3, 0.4) is 0 Å². The molecule has 3 rings (SSSR count). The van der Waals surface area contributed by atoms with Crippen LogP contribution in [0.1, 0.15) is 64.2 Å². The number of hydrogen-bond donors (Lipinski definition) is 2. The molecule has 0 aromatic carbocycles. The standard InChI is InChI=1S/C18H30N2O3/c21-16(19-13-18(23)9-3-1-2-4-10-18)15-6-5-11-20(12-15)17(22)14-7-8-14/h14-15,23H,1-13H2,(H,19,21). The molecule has 0 spiro atoms. The SMILES string of the molecule is O=C(NCC1(O)CCCCCC1)C1CCCN(C(=O)C2CC2)C1. The van der Waals surface area contributed by atoms with Crippen molar-refractivity contribution in [2.75, 3.05) is 19.6 Å². The summed E-state index contributed by atoms with van der Waals surface area (Å²) in [5.74, 6) is 0.366. The van der Waals surface area contributed by atoms with Crippen molar-refractivity contribution in [2.45, 2.75) is 69.8 Å². The van der Waals surface area contributed by atoms with Gasteiger partial charge in [0.1, 0.15) is 0 Å². The Bertz CT molecular complexity index is 440. The van der Waals surface area contributed by atoms with Gasteiger partial charge in [0.25, 0.3) is 0 Å². The summed E-state index contributed by atoms with van der Waals surface area (Å²) in [6.45, 7) is 1.71. The monoisotopic (exact) mass is 322 g/mol. The van der Waals surface area contributed by atoms with Gasteiger partial charge in [-0.05, 0) is 38.5 Å². The van der Waals surface area contributed by atoms with Crippen LogP contribution in [0.2, 0.25) is 0 Å². The molecular weight excluding hydrogens is 292 g/mol. The van der Waals surface area contributed by atoms with E-state index in [4.69, 9.17) is 0 Å². The van der Waals surface area contributed by atoms with E-state index in [1.54, 1.807) is 0 Å². The van der Waals surface area contributed by atoms with Crippen LogP contribution in [0, 0.1) is 11.8 Å². The molecule has 2 N–H and O–H groups in total. The Hall–Kier alpha value is -1.10. The predicted molar refractivity (Wildman–Crippen MR) is 87.7 cm³/mol. The Morgan fingerprint density at radius 2 is 1.70 bits per heavy atom. The lowest BCUT2D eigenvalue weighted by atomic mass is 9.93. The number of carbonyl (C=O) groups is 2. The van der Waals surface area contributed by atoms with E-state index >= 15 is 0 Å². The number of amides is 2. The Morgan fingerprint density at radius 1 is 1.00 bits per heavy atom. The average molecular weight is 322 g/mol. The van der Waals surface area contributed by atoms with Crippen molar-refractivity contribution in [3.8, 4) is 0 Å². The molecule has 1 saturated heterocycles. The van der Waals surface area contributed by atoms with Gasteiger partial charge in [0.05, 0.1) is 11.5 Å². The highest BCUT2D eigenvalue weighted by molar-refractivity contribution is 5.83. The first-order valence-electron chi connectivity index (χ1n) is 9.36. The minimum Gasteiger partial charge on any atom is -0.388 e. The van der Waals surface area contributed by atoms with Crippen LogP contribution in [-0.2, 0) is 9.59 Å². The summed E-state index contributed by atoms with van der Waals surface area (Å²) in [6, 6.07) is 0. The maximum absolute atomic E-state index is 12.5. The Kier molecular flexibility index (Phi) is 5.24. The summed E-state index contributed by atoms with van der Waals surface area (Å²) >= 11 is 0. The van der Waals surface area contributed by atoms with Crippen molar-refractivity contribution >= 4 is 11.8 Å². The molecule has 2 saturated carbocycles. The van der Waals surface area contributed by atoms with E-state index in [0.29, 0.717) is 13.1 Å². The molecule has 1 heterocycles. The van der Waals surface area contributed by atoms with Crippen LogP contribution >= 0.6 is 0 Å². The zero-order chi connectivity index (χ0) is 16.3. The molecule has 1 aliphatic heterocycles. The van der Waals surface area contributed by atoms with Crippen molar-refractivity contribution in [2.24, 2.45) is 11.8 Å². The first kappa shape index (κ1) is 16.7. The fourth-order valence-electron chi connectivity index (χ4n) is 3.94. The number of rotatable bonds is 4. The lowest BCUT2D eigenvalue weighted by molar-refractivity contribution is -0.137. The summed E-state index contributed by atoms with van der Waals surface area (Å²) in [5.41, 5.74) is -0.732. The van der Waals surface area contributed by atoms with E-state index in [1.807, 2.05) is 4.90 Å². The highest BCUT2D eigenvalue weighted by Gasteiger charge is 2.37. The number of aliphatic hydroxyl groups is 1. The molecule has 3 aliphatic rings. The molecule has 5 heteroatoms. The number of carbonyl (C=O) groups excluding carboxylic acids is 2. The van der Waals surface area contributed by atoms with Crippen LogP contribution in [0.25, 0.3) is 0 Å². The molecule has 5 nitrogen and oxygen atoms in total.